The van der Waals surface area contributed by atoms with Crippen LogP contribution in [0.3, 0.4) is 0 Å². The van der Waals surface area contributed by atoms with Gasteiger partial charge in [-0.15, -0.1) is 0 Å². The van der Waals surface area contributed by atoms with Gasteiger partial charge in [0.1, 0.15) is 22.3 Å². The number of hydrogen-bond donors (Lipinski definition) is 0. The Labute approximate surface area is 603 Å². The van der Waals surface area contributed by atoms with E-state index in [1.54, 1.807) is 0 Å². The third-order valence-electron chi connectivity index (χ3n) is 23.0. The van der Waals surface area contributed by atoms with E-state index in [0.29, 0.717) is 0 Å². The molecule has 2 heterocycles. The zero-order valence-electron chi connectivity index (χ0n) is 58.0. The van der Waals surface area contributed by atoms with Crippen molar-refractivity contribution in [3.8, 4) is 66.8 Å². The van der Waals surface area contributed by atoms with E-state index in [2.05, 4.69) is 377 Å². The Hall–Kier alpha value is -13.0. The first-order valence-electron chi connectivity index (χ1n) is 36.2. The lowest BCUT2D eigenvalue weighted by Crippen LogP contribution is -2.24. The van der Waals surface area contributed by atoms with Gasteiger partial charge in [-0.05, 0) is 194 Å². The molecule has 0 N–H and O–H groups in total. The highest BCUT2D eigenvalue weighted by Crippen LogP contribution is 2.64. The maximum Gasteiger partial charge on any atom is 0.145 e. The minimum atomic E-state index is -0.529. The monoisotopic (exact) mass is 1330 g/mol. The molecular formula is C100H68N2O2. The van der Waals surface area contributed by atoms with Crippen LogP contribution in [0.5, 0.6) is 0 Å². The zero-order valence-corrected chi connectivity index (χ0v) is 58.0. The minimum Gasteiger partial charge on any atom is -0.455 e. The van der Waals surface area contributed by atoms with E-state index in [1.165, 1.54) is 98.7 Å². The second-order valence-corrected chi connectivity index (χ2v) is 29.4. The molecular weight excluding hydrogens is 1260 g/mol. The van der Waals surface area contributed by atoms with E-state index in [-0.39, 0.29) is 0 Å². The molecule has 104 heavy (non-hydrogen) atoms. The molecule has 0 spiro atoms. The van der Waals surface area contributed by atoms with Crippen molar-refractivity contribution in [2.75, 3.05) is 9.80 Å². The Balaban J connectivity index is 0.755. The van der Waals surface area contributed by atoms with Crippen LogP contribution in [0.4, 0.5) is 34.1 Å². The maximum atomic E-state index is 7.45. The number of fused-ring (bicyclic) bond motifs is 19. The number of hydrogen-bond acceptors (Lipinski definition) is 4. The zero-order chi connectivity index (χ0) is 69.1. The minimum absolute atomic E-state index is 0.529. The van der Waals surface area contributed by atoms with Crippen LogP contribution in [-0.2, 0) is 10.8 Å². The quantitative estimate of drug-likeness (QED) is 0.137. The van der Waals surface area contributed by atoms with Gasteiger partial charge in [0.25, 0.3) is 0 Å². The number of anilines is 6. The maximum absolute atomic E-state index is 7.45. The second-order valence-electron chi connectivity index (χ2n) is 29.4. The summed E-state index contributed by atoms with van der Waals surface area (Å²) in [5.41, 5.74) is 28.0. The summed E-state index contributed by atoms with van der Waals surface area (Å²) < 4.78 is 14.9. The number of rotatable bonds is 10. The SMILES string of the molecule is CC1(C)c2cc(N(c3ccc(-c4cccc5ccccc45)cc3)c3ccc(-c4cccc5ccccc45)cc3)c3c(oc4ccccc43)c2-c2ccc3c(c21)C(C)(C)c1cc(N(c2ccc(-c4cccc5ccccc45)cc2)c2ccc(-c4cccc5ccccc45)cc2)c2c(oc4ccccc42)c1-3. The molecule has 0 amide bonds. The summed E-state index contributed by atoms with van der Waals surface area (Å²) in [5, 5.41) is 14.1. The van der Waals surface area contributed by atoms with E-state index in [4.69, 9.17) is 8.83 Å². The molecule has 19 aromatic rings. The van der Waals surface area contributed by atoms with E-state index < -0.39 is 10.8 Å². The number of para-hydroxylation sites is 2. The van der Waals surface area contributed by atoms with Crippen LogP contribution in [0.2, 0.25) is 0 Å². The summed E-state index contributed by atoms with van der Waals surface area (Å²) in [6.45, 7) is 9.80. The molecule has 0 unspecified atom stereocenters. The van der Waals surface area contributed by atoms with Gasteiger partial charge in [0.15, 0.2) is 0 Å². The van der Waals surface area contributed by atoms with Gasteiger partial charge < -0.3 is 18.6 Å². The van der Waals surface area contributed by atoms with Crippen molar-refractivity contribution >= 4 is 121 Å². The lowest BCUT2D eigenvalue weighted by molar-refractivity contribution is 0.600. The van der Waals surface area contributed by atoms with Crippen LogP contribution >= 0.6 is 0 Å². The first kappa shape index (κ1) is 59.8. The van der Waals surface area contributed by atoms with Gasteiger partial charge in [-0.3, -0.25) is 0 Å². The van der Waals surface area contributed by atoms with Crippen molar-refractivity contribution in [1.82, 2.24) is 0 Å². The first-order valence-corrected chi connectivity index (χ1v) is 36.2. The van der Waals surface area contributed by atoms with Crippen molar-refractivity contribution in [2.45, 2.75) is 38.5 Å². The average Bonchev–Trinajstić information content (AvgIpc) is 1.51. The van der Waals surface area contributed by atoms with Crippen LogP contribution in [0.25, 0.3) is 154 Å². The van der Waals surface area contributed by atoms with Gasteiger partial charge in [-0.25, -0.2) is 0 Å². The molecule has 17 aromatic carbocycles. The van der Waals surface area contributed by atoms with Gasteiger partial charge in [-0.1, -0.05) is 295 Å². The molecule has 2 aliphatic rings. The largest absolute Gasteiger partial charge is 0.455 e. The predicted molar refractivity (Wildman–Crippen MR) is 437 cm³/mol. The summed E-state index contributed by atoms with van der Waals surface area (Å²) in [4.78, 5) is 4.96. The number of benzene rings is 17. The second kappa shape index (κ2) is 22.7. The van der Waals surface area contributed by atoms with Gasteiger partial charge in [0, 0.05) is 55.5 Å². The summed E-state index contributed by atoms with van der Waals surface area (Å²) in [5.74, 6) is 0. The highest BCUT2D eigenvalue weighted by atomic mass is 16.3. The van der Waals surface area contributed by atoms with Crippen molar-refractivity contribution in [1.29, 1.82) is 0 Å². The Bertz CT molecular complexity index is 6090. The Morgan fingerprint density at radius 1 is 0.240 bits per heavy atom. The summed E-state index contributed by atoms with van der Waals surface area (Å²) in [6, 6.07) is 125. The predicted octanol–water partition coefficient (Wildman–Crippen LogP) is 28.3. The fourth-order valence-electron chi connectivity index (χ4n) is 18.1. The summed E-state index contributed by atoms with van der Waals surface area (Å²) >= 11 is 0. The van der Waals surface area contributed by atoms with Gasteiger partial charge in [0.05, 0.1) is 22.1 Å². The molecule has 0 saturated carbocycles. The molecule has 2 aliphatic carbocycles. The smallest absolute Gasteiger partial charge is 0.145 e. The number of furan rings is 2. The van der Waals surface area contributed by atoms with Crippen LogP contribution in [0, 0.1) is 0 Å². The third kappa shape index (κ3) is 8.91. The third-order valence-corrected chi connectivity index (χ3v) is 23.0. The fraction of sp³-hybridized carbons (Fsp3) is 0.0600. The Morgan fingerprint density at radius 2 is 0.500 bits per heavy atom. The molecule has 0 atom stereocenters. The molecule has 0 aliphatic heterocycles. The topological polar surface area (TPSA) is 32.8 Å². The van der Waals surface area contributed by atoms with Crippen molar-refractivity contribution < 1.29 is 8.83 Å². The Morgan fingerprint density at radius 3 is 0.798 bits per heavy atom. The van der Waals surface area contributed by atoms with Gasteiger partial charge in [-0.2, -0.15) is 0 Å². The molecule has 21 rings (SSSR count). The first-order chi connectivity index (χ1) is 51.1. The van der Waals surface area contributed by atoms with Gasteiger partial charge in [0.2, 0.25) is 0 Å². The summed E-state index contributed by atoms with van der Waals surface area (Å²) in [7, 11) is 0. The van der Waals surface area contributed by atoms with Crippen molar-refractivity contribution in [3.05, 3.63) is 362 Å². The van der Waals surface area contributed by atoms with E-state index in [0.717, 1.165) is 111 Å². The molecule has 4 nitrogen and oxygen atoms in total. The van der Waals surface area contributed by atoms with Crippen molar-refractivity contribution in [3.63, 3.8) is 0 Å². The fourth-order valence-corrected chi connectivity index (χ4v) is 18.1. The van der Waals surface area contributed by atoms with E-state index in [1.807, 2.05) is 0 Å². The summed E-state index contributed by atoms with van der Waals surface area (Å²) in [6.07, 6.45) is 0. The number of nitrogens with zero attached hydrogens (tertiary/aromatic N) is 2. The average molecular weight is 1330 g/mol. The van der Waals surface area contributed by atoms with Crippen LogP contribution in [0.1, 0.15) is 49.9 Å². The standard InChI is InChI=1S/C100H68N2O2/c1-99(2)85-59-87(101(69-49-41-65(42-50-69)77-35-17-25-61-21-5-9-29-73(61)77)70-51-43-66(44-52-70)78-36-18-26-62-22-6-10-30-74(62)78)93-81-33-13-15-39-89(81)103-97(93)91(85)83-57-58-84-92-86(100(3,4)96(84)95(83)99)60-88(94-82-34-14-16-40-90(82)104-98(92)94)102(71-53-45-67(46-54-71)79-37-19-27-63-23-7-11-31-75(63)79)72-55-47-68(48-56-72)80-38-20-28-64-24-8-12-32-76(64)80/h5-60H,1-4H3. The van der Waals surface area contributed by atoms with E-state index in [9.17, 15) is 0 Å². The highest BCUT2D eigenvalue weighted by molar-refractivity contribution is 6.22. The molecule has 0 fully saturated rings. The van der Waals surface area contributed by atoms with Crippen LogP contribution in [-0.4, -0.2) is 0 Å². The van der Waals surface area contributed by atoms with E-state index >= 15 is 0 Å². The molecule has 490 valence electrons. The highest BCUT2D eigenvalue weighted by Gasteiger charge is 2.49. The lowest BCUT2D eigenvalue weighted by Gasteiger charge is -2.32. The normalized spacial score (nSPS) is 13.3. The lowest BCUT2D eigenvalue weighted by atomic mass is 9.72. The van der Waals surface area contributed by atoms with Crippen LogP contribution < -0.4 is 9.80 Å². The molecule has 2 aromatic heterocycles. The molecule has 0 radical (unpaired) electrons. The Kier molecular flexibility index (Phi) is 13.1. The van der Waals surface area contributed by atoms with Crippen molar-refractivity contribution in [2.24, 2.45) is 0 Å². The molecule has 0 bridgehead atoms. The molecule has 0 saturated heterocycles. The van der Waals surface area contributed by atoms with Crippen LogP contribution in [0.15, 0.2) is 349 Å². The van der Waals surface area contributed by atoms with Gasteiger partial charge >= 0.3 is 0 Å². The molecule has 4 heteroatoms.